The minimum Gasteiger partial charge on any atom is -0.370 e. The van der Waals surface area contributed by atoms with Crippen LogP contribution in [0.2, 0.25) is 0 Å². The van der Waals surface area contributed by atoms with Crippen molar-refractivity contribution in [2.75, 3.05) is 18.0 Å². The largest absolute Gasteiger partial charge is 0.370 e. The molecule has 2 nitrogen and oxygen atoms in total. The molecule has 0 N–H and O–H groups in total. The van der Waals surface area contributed by atoms with Crippen molar-refractivity contribution in [3.63, 3.8) is 0 Å². The van der Waals surface area contributed by atoms with Crippen molar-refractivity contribution in [3.8, 4) is 0 Å². The lowest BCUT2D eigenvalue weighted by molar-refractivity contribution is 0.716. The second-order valence-corrected chi connectivity index (χ2v) is 8.06. The monoisotopic (exact) mass is 328 g/mol. The van der Waals surface area contributed by atoms with E-state index in [2.05, 4.69) is 68.1 Å². The van der Waals surface area contributed by atoms with Gasteiger partial charge in [0.05, 0.1) is 11.2 Å². The molecule has 1 saturated heterocycles. The summed E-state index contributed by atoms with van der Waals surface area (Å²) in [5.74, 6) is 0.794. The Bertz CT molecular complexity index is 973. The molecule has 3 aromatic rings. The van der Waals surface area contributed by atoms with Gasteiger partial charge in [-0.1, -0.05) is 48.0 Å². The molecule has 1 saturated carbocycles. The zero-order valence-electron chi connectivity index (χ0n) is 15.2. The fourth-order valence-corrected chi connectivity index (χ4v) is 4.86. The summed E-state index contributed by atoms with van der Waals surface area (Å²) in [6.07, 6.45) is 3.39. The first-order valence-corrected chi connectivity index (χ1v) is 9.25. The minimum absolute atomic E-state index is 0.375. The molecule has 0 spiro atoms. The standard InChI is InChI=1S/C23H24N2/c1-15-7-9-18(10-8-15)23-11-19(23)13-25(14-23)22-17(3)12-24-21-16(2)5-4-6-20(21)22/h4-10,12,19H,11,13-14H2,1-3H3. The topological polar surface area (TPSA) is 16.1 Å². The lowest BCUT2D eigenvalue weighted by Gasteiger charge is -2.26. The van der Waals surface area contributed by atoms with Crippen LogP contribution in [0.15, 0.2) is 48.7 Å². The van der Waals surface area contributed by atoms with Crippen LogP contribution in [0, 0.1) is 26.7 Å². The number of hydrogen-bond donors (Lipinski definition) is 0. The first-order chi connectivity index (χ1) is 12.1. The van der Waals surface area contributed by atoms with Crippen LogP contribution in [-0.2, 0) is 5.41 Å². The number of aryl methyl sites for hydroxylation is 3. The molecule has 1 aliphatic carbocycles. The first-order valence-electron chi connectivity index (χ1n) is 9.25. The van der Waals surface area contributed by atoms with E-state index in [1.54, 1.807) is 0 Å². The van der Waals surface area contributed by atoms with E-state index in [-0.39, 0.29) is 0 Å². The predicted octanol–water partition coefficient (Wildman–Crippen LogP) is 4.94. The normalized spacial score (nSPS) is 24.6. The molecule has 25 heavy (non-hydrogen) atoms. The second kappa shape index (κ2) is 5.08. The molecule has 2 aromatic carbocycles. The van der Waals surface area contributed by atoms with E-state index < -0.39 is 0 Å². The molecule has 2 fully saturated rings. The molecule has 0 radical (unpaired) electrons. The minimum atomic E-state index is 0.375. The number of fused-ring (bicyclic) bond motifs is 2. The van der Waals surface area contributed by atoms with Crippen molar-refractivity contribution in [1.82, 2.24) is 4.98 Å². The Hall–Kier alpha value is -2.35. The highest BCUT2D eigenvalue weighted by Gasteiger charge is 2.60. The molecule has 0 bridgehead atoms. The summed E-state index contributed by atoms with van der Waals surface area (Å²) in [7, 11) is 0. The molecule has 0 amide bonds. The van der Waals surface area contributed by atoms with E-state index in [0.717, 1.165) is 18.0 Å². The Morgan fingerprint density at radius 2 is 1.80 bits per heavy atom. The van der Waals surface area contributed by atoms with Gasteiger partial charge in [-0.25, -0.2) is 0 Å². The molecule has 1 aromatic heterocycles. The third-order valence-electron chi connectivity index (χ3n) is 6.34. The number of pyridine rings is 1. The van der Waals surface area contributed by atoms with Gasteiger partial charge in [-0.3, -0.25) is 4.98 Å². The van der Waals surface area contributed by atoms with Gasteiger partial charge in [0.2, 0.25) is 0 Å². The molecule has 126 valence electrons. The van der Waals surface area contributed by atoms with Crippen molar-refractivity contribution in [3.05, 3.63) is 70.9 Å². The molecule has 5 rings (SSSR count). The summed E-state index contributed by atoms with van der Waals surface area (Å²) in [6, 6.07) is 15.8. The van der Waals surface area contributed by atoms with Crippen LogP contribution in [0.1, 0.15) is 28.7 Å². The van der Waals surface area contributed by atoms with Crippen molar-refractivity contribution in [1.29, 1.82) is 0 Å². The number of benzene rings is 2. The summed E-state index contributed by atoms with van der Waals surface area (Å²) in [5, 5.41) is 1.31. The van der Waals surface area contributed by atoms with Gasteiger partial charge in [0.1, 0.15) is 0 Å². The fraction of sp³-hybridized carbons (Fsp3) is 0.348. The summed E-state index contributed by atoms with van der Waals surface area (Å²) in [6.45, 7) is 8.83. The second-order valence-electron chi connectivity index (χ2n) is 8.06. The Morgan fingerprint density at radius 1 is 1.00 bits per heavy atom. The fourth-order valence-electron chi connectivity index (χ4n) is 4.86. The third kappa shape index (κ3) is 2.13. The molecular formula is C23H24N2. The summed E-state index contributed by atoms with van der Waals surface area (Å²) < 4.78 is 0. The number of piperidine rings is 1. The Morgan fingerprint density at radius 3 is 2.60 bits per heavy atom. The van der Waals surface area contributed by atoms with Gasteiger partial charge in [0, 0.05) is 30.1 Å². The summed E-state index contributed by atoms with van der Waals surface area (Å²) >= 11 is 0. The lowest BCUT2D eigenvalue weighted by Crippen LogP contribution is -2.27. The zero-order valence-corrected chi connectivity index (χ0v) is 15.2. The van der Waals surface area contributed by atoms with Gasteiger partial charge in [-0.15, -0.1) is 0 Å². The highest BCUT2D eigenvalue weighted by atomic mass is 15.2. The average Bonchev–Trinajstić information content (AvgIpc) is 3.17. The number of rotatable bonds is 2. The lowest BCUT2D eigenvalue weighted by atomic mass is 9.94. The van der Waals surface area contributed by atoms with E-state index in [4.69, 9.17) is 4.98 Å². The van der Waals surface area contributed by atoms with Crippen LogP contribution in [0.25, 0.3) is 10.9 Å². The van der Waals surface area contributed by atoms with E-state index in [9.17, 15) is 0 Å². The van der Waals surface area contributed by atoms with Crippen LogP contribution >= 0.6 is 0 Å². The Kier molecular flexibility index (Phi) is 3.03. The molecule has 1 aliphatic heterocycles. The SMILES string of the molecule is Cc1ccc(C23CC2CN(c2c(C)cnc4c(C)cccc24)C3)cc1. The zero-order chi connectivity index (χ0) is 17.2. The van der Waals surface area contributed by atoms with E-state index in [1.807, 2.05) is 6.20 Å². The molecule has 2 unspecified atom stereocenters. The van der Waals surface area contributed by atoms with Crippen LogP contribution in [0.5, 0.6) is 0 Å². The van der Waals surface area contributed by atoms with E-state index in [1.165, 1.54) is 46.3 Å². The quantitative estimate of drug-likeness (QED) is 0.662. The summed E-state index contributed by atoms with van der Waals surface area (Å²) in [5.41, 5.74) is 8.34. The number of hydrogen-bond acceptors (Lipinski definition) is 2. The molecule has 2 heterocycles. The molecule has 2 atom stereocenters. The van der Waals surface area contributed by atoms with Crippen LogP contribution < -0.4 is 4.90 Å². The van der Waals surface area contributed by atoms with Gasteiger partial charge in [-0.2, -0.15) is 0 Å². The number of nitrogens with zero attached hydrogens (tertiary/aromatic N) is 2. The van der Waals surface area contributed by atoms with Crippen molar-refractivity contribution in [2.45, 2.75) is 32.6 Å². The van der Waals surface area contributed by atoms with Gasteiger partial charge >= 0.3 is 0 Å². The van der Waals surface area contributed by atoms with Crippen molar-refractivity contribution < 1.29 is 0 Å². The smallest absolute Gasteiger partial charge is 0.0752 e. The maximum absolute atomic E-state index is 4.70. The van der Waals surface area contributed by atoms with Gasteiger partial charge in [-0.05, 0) is 49.8 Å². The maximum Gasteiger partial charge on any atom is 0.0752 e. The Labute approximate surface area is 149 Å². The van der Waals surface area contributed by atoms with Crippen molar-refractivity contribution in [2.24, 2.45) is 5.92 Å². The van der Waals surface area contributed by atoms with E-state index in [0.29, 0.717) is 5.41 Å². The van der Waals surface area contributed by atoms with Gasteiger partial charge in [0.15, 0.2) is 0 Å². The van der Waals surface area contributed by atoms with Crippen LogP contribution in [-0.4, -0.2) is 18.1 Å². The molecule has 2 aliphatic rings. The average molecular weight is 328 g/mol. The van der Waals surface area contributed by atoms with Crippen LogP contribution in [0.4, 0.5) is 5.69 Å². The van der Waals surface area contributed by atoms with Crippen LogP contribution in [0.3, 0.4) is 0 Å². The first kappa shape index (κ1) is 14.9. The Balaban J connectivity index is 1.56. The number of para-hydroxylation sites is 1. The number of aromatic nitrogens is 1. The van der Waals surface area contributed by atoms with Crippen molar-refractivity contribution >= 4 is 16.6 Å². The highest BCUT2D eigenvalue weighted by molar-refractivity contribution is 5.95. The van der Waals surface area contributed by atoms with Gasteiger partial charge < -0.3 is 4.90 Å². The molecular weight excluding hydrogens is 304 g/mol. The van der Waals surface area contributed by atoms with E-state index >= 15 is 0 Å². The maximum atomic E-state index is 4.70. The molecule has 2 heteroatoms. The van der Waals surface area contributed by atoms with Gasteiger partial charge in [0.25, 0.3) is 0 Å². The number of anilines is 1. The predicted molar refractivity (Wildman–Crippen MR) is 104 cm³/mol. The highest BCUT2D eigenvalue weighted by Crippen LogP contribution is 2.60. The summed E-state index contributed by atoms with van der Waals surface area (Å²) in [4.78, 5) is 7.32. The third-order valence-corrected chi connectivity index (χ3v) is 6.34.